The summed E-state index contributed by atoms with van der Waals surface area (Å²) in [5.41, 5.74) is 2.88. The first-order valence-electron chi connectivity index (χ1n) is 7.47. The Morgan fingerprint density at radius 3 is 2.77 bits per heavy atom. The Labute approximate surface area is 128 Å². The molecule has 0 bridgehead atoms. The van der Waals surface area contributed by atoms with Gasteiger partial charge in [0.25, 0.3) is 0 Å². The van der Waals surface area contributed by atoms with Gasteiger partial charge in [0.2, 0.25) is 0 Å². The molecule has 3 aromatic heterocycles. The average molecular weight is 295 g/mol. The summed E-state index contributed by atoms with van der Waals surface area (Å²) in [6.45, 7) is 4.58. The summed E-state index contributed by atoms with van der Waals surface area (Å²) in [7, 11) is 0. The fraction of sp³-hybridized carbons (Fsp3) is 0.312. The van der Waals surface area contributed by atoms with Gasteiger partial charge >= 0.3 is 0 Å². The lowest BCUT2D eigenvalue weighted by Crippen LogP contribution is -2.52. The van der Waals surface area contributed by atoms with Crippen LogP contribution in [0.15, 0.2) is 42.9 Å². The highest BCUT2D eigenvalue weighted by Gasteiger charge is 2.28. The number of hydrogen-bond donors (Lipinski definition) is 0. The van der Waals surface area contributed by atoms with Crippen LogP contribution in [0.25, 0.3) is 16.9 Å². The van der Waals surface area contributed by atoms with Gasteiger partial charge in [-0.25, -0.2) is 9.50 Å². The van der Waals surface area contributed by atoms with Gasteiger partial charge in [0.05, 0.1) is 18.0 Å². The second-order valence-electron chi connectivity index (χ2n) is 5.32. The molecule has 0 saturated carbocycles. The Kier molecular flexibility index (Phi) is 3.23. The first kappa shape index (κ1) is 13.2. The normalized spacial score (nSPS) is 15.2. The molecular formula is C16H17N5O. The van der Waals surface area contributed by atoms with Crippen molar-refractivity contribution in [3.63, 3.8) is 0 Å². The Hall–Kier alpha value is -2.47. The zero-order chi connectivity index (χ0) is 14.9. The molecule has 0 atom stereocenters. The molecule has 1 aliphatic rings. The van der Waals surface area contributed by atoms with Crippen LogP contribution in [0.2, 0.25) is 0 Å². The lowest BCUT2D eigenvalue weighted by molar-refractivity contribution is 0.0426. The van der Waals surface area contributed by atoms with Gasteiger partial charge in [-0.1, -0.05) is 0 Å². The summed E-state index contributed by atoms with van der Waals surface area (Å²) in [5.74, 6) is 0.955. The number of imidazole rings is 1. The predicted octanol–water partition coefficient (Wildman–Crippen LogP) is 2.02. The van der Waals surface area contributed by atoms with Crippen LogP contribution in [0, 0.1) is 0 Å². The van der Waals surface area contributed by atoms with Crippen molar-refractivity contribution < 1.29 is 4.74 Å². The predicted molar refractivity (Wildman–Crippen MR) is 83.8 cm³/mol. The monoisotopic (exact) mass is 295 g/mol. The molecular weight excluding hydrogens is 278 g/mol. The third kappa shape index (κ3) is 2.21. The minimum absolute atomic E-state index is 0.324. The number of ether oxygens (including phenoxy) is 1. The molecule has 3 aromatic rings. The van der Waals surface area contributed by atoms with E-state index in [1.165, 1.54) is 0 Å². The molecule has 6 heteroatoms. The highest BCUT2D eigenvalue weighted by molar-refractivity contribution is 5.63. The van der Waals surface area contributed by atoms with Crippen LogP contribution in [-0.2, 0) is 4.74 Å². The number of pyridine rings is 1. The summed E-state index contributed by atoms with van der Waals surface area (Å²) < 4.78 is 7.49. The van der Waals surface area contributed by atoms with Gasteiger partial charge < -0.3 is 9.64 Å². The van der Waals surface area contributed by atoms with E-state index in [1.807, 2.05) is 41.9 Å². The molecule has 0 spiro atoms. The van der Waals surface area contributed by atoms with E-state index in [1.54, 1.807) is 12.4 Å². The number of anilines is 1. The summed E-state index contributed by atoms with van der Waals surface area (Å²) in [4.78, 5) is 10.7. The van der Waals surface area contributed by atoms with Crippen molar-refractivity contribution in [3.8, 4) is 11.3 Å². The van der Waals surface area contributed by atoms with E-state index in [0.29, 0.717) is 6.10 Å². The first-order chi connectivity index (χ1) is 10.8. The van der Waals surface area contributed by atoms with Crippen molar-refractivity contribution in [2.45, 2.75) is 13.0 Å². The number of rotatable bonds is 4. The third-order valence-electron chi connectivity index (χ3n) is 3.90. The summed E-state index contributed by atoms with van der Waals surface area (Å²) in [5, 5.41) is 4.73. The lowest BCUT2D eigenvalue weighted by atomic mass is 10.1. The van der Waals surface area contributed by atoms with Gasteiger partial charge in [-0.3, -0.25) is 4.98 Å². The highest BCUT2D eigenvalue weighted by Crippen LogP contribution is 2.24. The molecule has 0 radical (unpaired) electrons. The van der Waals surface area contributed by atoms with E-state index < -0.39 is 0 Å². The van der Waals surface area contributed by atoms with E-state index in [0.717, 1.165) is 42.4 Å². The fourth-order valence-electron chi connectivity index (χ4n) is 2.72. The molecule has 22 heavy (non-hydrogen) atoms. The second-order valence-corrected chi connectivity index (χ2v) is 5.32. The van der Waals surface area contributed by atoms with Gasteiger partial charge in [-0.2, -0.15) is 0 Å². The van der Waals surface area contributed by atoms with Gasteiger partial charge in [0, 0.05) is 37.7 Å². The topological polar surface area (TPSA) is 55.5 Å². The van der Waals surface area contributed by atoms with Crippen molar-refractivity contribution in [1.29, 1.82) is 0 Å². The maximum absolute atomic E-state index is 5.60. The van der Waals surface area contributed by atoms with E-state index in [-0.39, 0.29) is 0 Å². The molecule has 6 nitrogen and oxygen atoms in total. The van der Waals surface area contributed by atoms with Gasteiger partial charge in [0.1, 0.15) is 5.82 Å². The second kappa shape index (κ2) is 5.38. The Morgan fingerprint density at radius 2 is 2.00 bits per heavy atom. The third-order valence-corrected chi connectivity index (χ3v) is 3.90. The van der Waals surface area contributed by atoms with Crippen molar-refractivity contribution in [3.05, 3.63) is 42.9 Å². The molecule has 0 unspecified atom stereocenters. The molecule has 0 N–H and O–H groups in total. The van der Waals surface area contributed by atoms with E-state index >= 15 is 0 Å². The van der Waals surface area contributed by atoms with Crippen LogP contribution in [0.1, 0.15) is 6.92 Å². The van der Waals surface area contributed by atoms with Crippen molar-refractivity contribution in [2.75, 3.05) is 24.6 Å². The highest BCUT2D eigenvalue weighted by atomic mass is 16.5. The molecule has 1 fully saturated rings. The van der Waals surface area contributed by atoms with Crippen LogP contribution in [0.5, 0.6) is 0 Å². The zero-order valence-electron chi connectivity index (χ0n) is 12.4. The molecule has 112 valence electrons. The van der Waals surface area contributed by atoms with Crippen LogP contribution in [0.4, 0.5) is 5.82 Å². The summed E-state index contributed by atoms with van der Waals surface area (Å²) in [6.07, 6.45) is 5.73. The maximum atomic E-state index is 5.60. The zero-order valence-corrected chi connectivity index (χ0v) is 12.4. The van der Waals surface area contributed by atoms with E-state index in [9.17, 15) is 0 Å². The minimum Gasteiger partial charge on any atom is -0.375 e. The van der Waals surface area contributed by atoms with Crippen LogP contribution >= 0.6 is 0 Å². The van der Waals surface area contributed by atoms with Gasteiger partial charge in [0.15, 0.2) is 5.65 Å². The number of aromatic nitrogens is 4. The lowest BCUT2D eigenvalue weighted by Gasteiger charge is -2.39. The molecule has 0 aliphatic carbocycles. The Morgan fingerprint density at radius 1 is 1.18 bits per heavy atom. The fourth-order valence-corrected chi connectivity index (χ4v) is 2.72. The SMILES string of the molecule is CCOC1CN(c2ccc3ncc(-c4ccncc4)n3n2)C1. The largest absolute Gasteiger partial charge is 0.375 e. The van der Waals surface area contributed by atoms with E-state index in [4.69, 9.17) is 9.84 Å². The first-order valence-corrected chi connectivity index (χ1v) is 7.47. The van der Waals surface area contributed by atoms with E-state index in [2.05, 4.69) is 14.9 Å². The van der Waals surface area contributed by atoms with Crippen LogP contribution in [-0.4, -0.2) is 45.4 Å². The van der Waals surface area contributed by atoms with Crippen molar-refractivity contribution in [1.82, 2.24) is 19.6 Å². The number of hydrogen-bond acceptors (Lipinski definition) is 5. The van der Waals surface area contributed by atoms with Gasteiger partial charge in [-0.05, 0) is 31.2 Å². The minimum atomic E-state index is 0.324. The maximum Gasteiger partial charge on any atom is 0.154 e. The number of fused-ring (bicyclic) bond motifs is 1. The molecule has 4 heterocycles. The smallest absolute Gasteiger partial charge is 0.154 e. The van der Waals surface area contributed by atoms with Crippen LogP contribution in [0.3, 0.4) is 0 Å². The Bertz CT molecular complexity index is 780. The van der Waals surface area contributed by atoms with Crippen molar-refractivity contribution >= 4 is 11.5 Å². The quantitative estimate of drug-likeness (QED) is 0.737. The Balaban J connectivity index is 1.66. The summed E-state index contributed by atoms with van der Waals surface area (Å²) >= 11 is 0. The van der Waals surface area contributed by atoms with Crippen LogP contribution < -0.4 is 4.90 Å². The molecule has 4 rings (SSSR count). The molecule has 0 amide bonds. The van der Waals surface area contributed by atoms with Gasteiger partial charge in [-0.15, -0.1) is 5.10 Å². The average Bonchev–Trinajstić information content (AvgIpc) is 2.94. The standard InChI is InChI=1S/C16H17N5O/c1-2-22-13-10-20(11-13)16-4-3-15-18-9-14(21(15)19-16)12-5-7-17-8-6-12/h3-9,13H,2,10-11H2,1H3. The molecule has 1 aliphatic heterocycles. The van der Waals surface area contributed by atoms with Crippen molar-refractivity contribution in [2.24, 2.45) is 0 Å². The molecule has 1 saturated heterocycles. The molecule has 0 aromatic carbocycles. The number of nitrogens with zero attached hydrogens (tertiary/aromatic N) is 5. The summed E-state index contributed by atoms with van der Waals surface area (Å²) in [6, 6.07) is 7.95.